The summed E-state index contributed by atoms with van der Waals surface area (Å²) in [4.78, 5) is 52.6. The lowest BCUT2D eigenvalue weighted by Gasteiger charge is -2.26. The van der Waals surface area contributed by atoms with Crippen LogP contribution in [0.5, 0.6) is 5.75 Å². The van der Waals surface area contributed by atoms with E-state index in [0.717, 1.165) is 4.90 Å². The van der Waals surface area contributed by atoms with Crippen LogP contribution in [-0.2, 0) is 9.53 Å². The summed E-state index contributed by atoms with van der Waals surface area (Å²) in [7, 11) is 1.46. The fourth-order valence-corrected chi connectivity index (χ4v) is 4.53. The Morgan fingerprint density at radius 3 is 2.00 bits per heavy atom. The third-order valence-electron chi connectivity index (χ3n) is 5.15. The summed E-state index contributed by atoms with van der Waals surface area (Å²) in [5.74, 6) is -2.77. The van der Waals surface area contributed by atoms with Crippen LogP contribution < -0.4 is 4.74 Å². The van der Waals surface area contributed by atoms with Gasteiger partial charge in [-0.05, 0) is 24.5 Å². The number of imide groups is 1. The molecule has 1 aliphatic heterocycles. The lowest BCUT2D eigenvalue weighted by molar-refractivity contribution is -0.147. The van der Waals surface area contributed by atoms with Crippen LogP contribution in [0.4, 0.5) is 0 Å². The minimum absolute atomic E-state index is 0.0777. The van der Waals surface area contributed by atoms with Crippen LogP contribution >= 0.6 is 46.4 Å². The molecule has 0 fully saturated rings. The predicted octanol–water partition coefficient (Wildman–Crippen LogP) is 5.75. The van der Waals surface area contributed by atoms with Crippen molar-refractivity contribution < 1.29 is 28.7 Å². The van der Waals surface area contributed by atoms with Gasteiger partial charge >= 0.3 is 5.97 Å². The summed E-state index contributed by atoms with van der Waals surface area (Å²) in [5.41, 5.74) is -0.198. The molecule has 2 aromatic carbocycles. The first-order valence-corrected chi connectivity index (χ1v) is 11.6. The van der Waals surface area contributed by atoms with Gasteiger partial charge in [-0.3, -0.25) is 19.3 Å². The molecular weight excluding hydrogens is 528 g/mol. The smallest absolute Gasteiger partial charge is 0.329 e. The molecule has 0 saturated heterocycles. The normalized spacial score (nSPS) is 13.8. The van der Waals surface area contributed by atoms with Crippen molar-refractivity contribution in [3.05, 3.63) is 61.0 Å². The third-order valence-corrected chi connectivity index (χ3v) is 6.95. The number of hydrogen-bond acceptors (Lipinski definition) is 6. The highest BCUT2D eigenvalue weighted by Crippen LogP contribution is 2.45. The maximum Gasteiger partial charge on any atom is 0.329 e. The van der Waals surface area contributed by atoms with Gasteiger partial charge in [-0.15, -0.1) is 0 Å². The highest BCUT2D eigenvalue weighted by Gasteiger charge is 2.47. The van der Waals surface area contributed by atoms with Crippen molar-refractivity contribution in [2.45, 2.75) is 26.3 Å². The van der Waals surface area contributed by atoms with E-state index in [1.54, 1.807) is 32.0 Å². The monoisotopic (exact) mass is 545 g/mol. The number of nitrogens with zero attached hydrogens (tertiary/aromatic N) is 1. The molecule has 11 heteroatoms. The van der Waals surface area contributed by atoms with Gasteiger partial charge in [0.25, 0.3) is 11.8 Å². The van der Waals surface area contributed by atoms with E-state index >= 15 is 0 Å². The molecule has 7 nitrogen and oxygen atoms in total. The molecule has 2 amide bonds. The molecule has 0 spiro atoms. The standard InChI is InChI=1S/C23H19Cl4NO6/c1-10(2)7-13(23(32)34-9-14(29)11-5-4-6-12(8-11)33-3)28-21(30)15-16(22(28)31)18(25)20(27)19(26)17(15)24/h4-6,8,10,13H,7,9H2,1-3H3/t13-/m0/s1. The fourth-order valence-electron chi connectivity index (χ4n) is 3.52. The molecule has 0 saturated carbocycles. The van der Waals surface area contributed by atoms with Gasteiger partial charge in [-0.25, -0.2) is 4.79 Å². The van der Waals surface area contributed by atoms with Crippen LogP contribution in [0.15, 0.2) is 24.3 Å². The van der Waals surface area contributed by atoms with Crippen LogP contribution in [0.2, 0.25) is 20.1 Å². The number of ketones is 1. The molecule has 1 atom stereocenters. The number of hydrogen-bond donors (Lipinski definition) is 0. The van der Waals surface area contributed by atoms with Gasteiger partial charge in [0.05, 0.1) is 38.3 Å². The molecule has 0 aliphatic carbocycles. The Labute approximate surface area is 215 Å². The number of benzene rings is 2. The Morgan fingerprint density at radius 2 is 1.50 bits per heavy atom. The van der Waals surface area contributed by atoms with Gasteiger partial charge in [0.1, 0.15) is 11.8 Å². The van der Waals surface area contributed by atoms with E-state index < -0.39 is 36.2 Å². The summed E-state index contributed by atoms with van der Waals surface area (Å²) in [5, 5.41) is -0.836. The van der Waals surface area contributed by atoms with Crippen LogP contribution in [0.1, 0.15) is 51.3 Å². The van der Waals surface area contributed by atoms with Crippen molar-refractivity contribution in [2.75, 3.05) is 13.7 Å². The van der Waals surface area contributed by atoms with E-state index in [9.17, 15) is 19.2 Å². The molecule has 180 valence electrons. The van der Waals surface area contributed by atoms with Crippen molar-refractivity contribution in [3.63, 3.8) is 0 Å². The average molecular weight is 547 g/mol. The summed E-state index contributed by atoms with van der Waals surface area (Å²) in [6, 6.07) is 5.02. The number of esters is 1. The Balaban J connectivity index is 1.88. The number of carbonyl (C=O) groups is 4. The molecule has 0 N–H and O–H groups in total. The molecule has 0 radical (unpaired) electrons. The molecule has 3 rings (SSSR count). The highest BCUT2D eigenvalue weighted by molar-refractivity contribution is 6.55. The van der Waals surface area contributed by atoms with E-state index in [2.05, 4.69) is 0 Å². The van der Waals surface area contributed by atoms with E-state index in [1.807, 2.05) is 0 Å². The van der Waals surface area contributed by atoms with Crippen molar-refractivity contribution >= 4 is 70.0 Å². The third kappa shape index (κ3) is 4.89. The molecule has 2 aromatic rings. The molecule has 1 heterocycles. The van der Waals surface area contributed by atoms with Crippen LogP contribution in [0.25, 0.3) is 0 Å². The maximum absolute atomic E-state index is 13.2. The minimum atomic E-state index is -1.32. The summed E-state index contributed by atoms with van der Waals surface area (Å²) >= 11 is 24.5. The van der Waals surface area contributed by atoms with E-state index in [0.29, 0.717) is 5.75 Å². The van der Waals surface area contributed by atoms with Crippen molar-refractivity contribution in [1.82, 2.24) is 4.90 Å². The SMILES string of the molecule is COc1cccc(C(=O)COC(=O)[C@H](CC(C)C)N2C(=O)c3c(Cl)c(Cl)c(Cl)c(Cl)c3C2=O)c1. The van der Waals surface area contributed by atoms with Crippen LogP contribution in [-0.4, -0.2) is 48.2 Å². The van der Waals surface area contributed by atoms with Gasteiger partial charge in [0.15, 0.2) is 12.4 Å². The van der Waals surface area contributed by atoms with Gasteiger partial charge < -0.3 is 9.47 Å². The number of fused-ring (bicyclic) bond motifs is 1. The van der Waals surface area contributed by atoms with Gasteiger partial charge in [0, 0.05) is 5.56 Å². The number of ether oxygens (including phenoxy) is 2. The quantitative estimate of drug-likeness (QED) is 0.138. The van der Waals surface area contributed by atoms with E-state index in [4.69, 9.17) is 55.9 Å². The zero-order chi connectivity index (χ0) is 25.3. The molecule has 1 aliphatic rings. The number of methoxy groups -OCH3 is 1. The number of rotatable bonds is 8. The second-order valence-corrected chi connectivity index (χ2v) is 9.41. The first-order chi connectivity index (χ1) is 16.0. The number of halogens is 4. The Hall–Kier alpha value is -2.32. The van der Waals surface area contributed by atoms with E-state index in [1.165, 1.54) is 13.2 Å². The molecule has 0 unspecified atom stereocenters. The Morgan fingerprint density at radius 1 is 0.941 bits per heavy atom. The number of Topliss-reactive ketones (excluding diaryl/α,β-unsaturated/α-hetero) is 1. The first kappa shape index (κ1) is 26.3. The van der Waals surface area contributed by atoms with Crippen molar-refractivity contribution in [2.24, 2.45) is 5.92 Å². The molecule has 0 aromatic heterocycles. The second-order valence-electron chi connectivity index (χ2n) is 7.89. The van der Waals surface area contributed by atoms with Crippen LogP contribution in [0, 0.1) is 5.92 Å². The highest BCUT2D eigenvalue weighted by atomic mass is 35.5. The summed E-state index contributed by atoms with van der Waals surface area (Å²) < 4.78 is 10.3. The molecule has 34 heavy (non-hydrogen) atoms. The number of carbonyl (C=O) groups excluding carboxylic acids is 4. The summed E-state index contributed by atoms with van der Waals surface area (Å²) in [6.07, 6.45) is 0.0777. The Kier molecular flexibility index (Phi) is 8.14. The topological polar surface area (TPSA) is 90.0 Å². The zero-order valence-corrected chi connectivity index (χ0v) is 21.3. The lowest BCUT2D eigenvalue weighted by atomic mass is 10.0. The van der Waals surface area contributed by atoms with Crippen molar-refractivity contribution in [3.8, 4) is 5.75 Å². The predicted molar refractivity (Wildman–Crippen MR) is 129 cm³/mol. The fraction of sp³-hybridized carbons (Fsp3) is 0.304. The van der Waals surface area contributed by atoms with Gasteiger partial charge in [-0.1, -0.05) is 72.4 Å². The molecule has 0 bridgehead atoms. The van der Waals surface area contributed by atoms with Crippen molar-refractivity contribution in [1.29, 1.82) is 0 Å². The Bertz CT molecular complexity index is 1150. The number of amides is 2. The lowest BCUT2D eigenvalue weighted by Crippen LogP contribution is -2.46. The van der Waals surface area contributed by atoms with Gasteiger partial charge in [-0.2, -0.15) is 0 Å². The first-order valence-electron chi connectivity index (χ1n) is 10.1. The van der Waals surface area contributed by atoms with Crippen LogP contribution in [0.3, 0.4) is 0 Å². The molecular formula is C23H19Cl4NO6. The average Bonchev–Trinajstić information content (AvgIpc) is 3.07. The zero-order valence-electron chi connectivity index (χ0n) is 18.3. The maximum atomic E-state index is 13.2. The minimum Gasteiger partial charge on any atom is -0.497 e. The largest absolute Gasteiger partial charge is 0.497 e. The second kappa shape index (κ2) is 10.5. The van der Waals surface area contributed by atoms with E-state index in [-0.39, 0.29) is 49.1 Å². The summed E-state index contributed by atoms with van der Waals surface area (Å²) in [6.45, 7) is 3.00. The van der Waals surface area contributed by atoms with Gasteiger partial charge in [0.2, 0.25) is 0 Å².